The van der Waals surface area contributed by atoms with Crippen LogP contribution in [0.2, 0.25) is 0 Å². The lowest BCUT2D eigenvalue weighted by molar-refractivity contribution is -0.107. The summed E-state index contributed by atoms with van der Waals surface area (Å²) < 4.78 is 31.0. The molecule has 0 aliphatic rings. The number of aldehydes is 1. The molecule has 0 aliphatic heterocycles. The maximum absolute atomic E-state index is 10.1. The third-order valence-corrected chi connectivity index (χ3v) is 4.74. The van der Waals surface area contributed by atoms with Gasteiger partial charge in [0.15, 0.2) is 0 Å². The lowest BCUT2D eigenvalue weighted by Gasteiger charge is -2.02. The molecule has 0 amide bonds. The number of rotatable bonds is 19. The summed E-state index contributed by atoms with van der Waals surface area (Å²) in [7, 11) is 1.73. The minimum Gasteiger partial charge on any atom is -0.344 e. The number of unbranched alkanes of at least 4 members (excludes halogenated alkanes) is 15. The van der Waals surface area contributed by atoms with E-state index in [1.807, 2.05) is 26.0 Å². The van der Waals surface area contributed by atoms with E-state index >= 15 is 0 Å². The van der Waals surface area contributed by atoms with E-state index in [0.29, 0.717) is 0 Å². The van der Waals surface area contributed by atoms with E-state index in [9.17, 15) is 13.2 Å². The number of hydrogen-bond acceptors (Lipinski definition) is 7. The average Bonchev–Trinajstić information content (AvgIpc) is 2.69. The fourth-order valence-corrected chi connectivity index (χ4v) is 3.06. The summed E-state index contributed by atoms with van der Waals surface area (Å²) in [4.78, 5) is 12.1. The summed E-state index contributed by atoms with van der Waals surface area (Å²) >= 11 is 0. The molecule has 8 nitrogen and oxygen atoms in total. The standard InChI is InChI=1S/C18H36O.C3H9N.C2H7NO4S.H3N/c1-2-3-4-5-6-7-8-9-10-11-12-13-14-15-16-17-18-19;1-4(2)3;3-1-2-7-8(4,5)6;/h18H,2-17H2,1H3;1-3H3;1-3H2,(H,4,5,6);1H3. The molecule has 0 aromatic rings. The summed E-state index contributed by atoms with van der Waals surface area (Å²) in [6, 6.07) is 0. The third kappa shape index (κ3) is 57.0. The van der Waals surface area contributed by atoms with E-state index in [0.717, 1.165) is 19.1 Å². The van der Waals surface area contributed by atoms with Crippen LogP contribution in [0.15, 0.2) is 0 Å². The number of nitrogens with zero attached hydrogens (tertiary/aromatic N) is 1. The first-order valence-electron chi connectivity index (χ1n) is 12.1. The molecule has 0 rings (SSSR count). The van der Waals surface area contributed by atoms with Crippen molar-refractivity contribution in [3.63, 3.8) is 0 Å². The quantitative estimate of drug-likeness (QED) is 0.123. The molecule has 0 saturated carbocycles. The van der Waals surface area contributed by atoms with Crippen LogP contribution in [-0.2, 0) is 19.4 Å². The molecular weight excluding hydrogens is 430 g/mol. The van der Waals surface area contributed by atoms with Crippen LogP contribution in [0.3, 0.4) is 0 Å². The highest BCUT2D eigenvalue weighted by Gasteiger charge is 2.00. The van der Waals surface area contributed by atoms with E-state index in [4.69, 9.17) is 10.3 Å². The Bertz CT molecular complexity index is 433. The highest BCUT2D eigenvalue weighted by molar-refractivity contribution is 7.80. The van der Waals surface area contributed by atoms with E-state index < -0.39 is 10.4 Å². The second-order valence-corrected chi connectivity index (χ2v) is 9.38. The maximum Gasteiger partial charge on any atom is 0.397 e. The van der Waals surface area contributed by atoms with Crippen molar-refractivity contribution in [2.75, 3.05) is 34.3 Å². The molecule has 0 aromatic heterocycles. The van der Waals surface area contributed by atoms with Crippen LogP contribution >= 0.6 is 0 Å². The minimum atomic E-state index is -4.27. The first-order chi connectivity index (χ1) is 14.7. The topological polar surface area (TPSA) is 145 Å². The fourth-order valence-electron chi connectivity index (χ4n) is 2.75. The second-order valence-electron chi connectivity index (χ2n) is 8.29. The number of carbonyl (C=O) groups excluding carboxylic acids is 1. The van der Waals surface area contributed by atoms with Gasteiger partial charge in [0.25, 0.3) is 0 Å². The Kier molecular flexibility index (Phi) is 39.4. The van der Waals surface area contributed by atoms with Crippen LogP contribution in [-0.4, -0.2) is 58.5 Å². The molecule has 0 radical (unpaired) electrons. The van der Waals surface area contributed by atoms with Crippen molar-refractivity contribution >= 4 is 16.7 Å². The first kappa shape index (κ1) is 38.7. The van der Waals surface area contributed by atoms with Crippen LogP contribution in [0.5, 0.6) is 0 Å². The Morgan fingerprint density at radius 2 is 1.09 bits per heavy atom. The Morgan fingerprint density at radius 1 is 0.781 bits per heavy atom. The Hall–Kier alpha value is -0.580. The minimum absolute atomic E-state index is 0. The number of nitrogens with two attached hydrogens (primary N) is 1. The molecule has 0 bridgehead atoms. The predicted molar refractivity (Wildman–Crippen MR) is 137 cm³/mol. The van der Waals surface area contributed by atoms with Gasteiger partial charge in [-0.25, -0.2) is 4.18 Å². The van der Waals surface area contributed by atoms with Crippen LogP contribution in [0.4, 0.5) is 0 Å². The Labute approximate surface area is 199 Å². The molecule has 0 heterocycles. The van der Waals surface area contributed by atoms with Gasteiger partial charge in [-0.15, -0.1) is 0 Å². The van der Waals surface area contributed by atoms with Gasteiger partial charge < -0.3 is 21.6 Å². The van der Waals surface area contributed by atoms with Crippen molar-refractivity contribution in [1.82, 2.24) is 11.1 Å². The average molecular weight is 486 g/mol. The molecule has 0 fully saturated rings. The molecule has 32 heavy (non-hydrogen) atoms. The molecule has 198 valence electrons. The van der Waals surface area contributed by atoms with Crippen molar-refractivity contribution < 1.29 is 21.9 Å². The van der Waals surface area contributed by atoms with Gasteiger partial charge in [-0.05, 0) is 27.6 Å². The lowest BCUT2D eigenvalue weighted by atomic mass is 10.0. The third-order valence-electron chi connectivity index (χ3n) is 4.28. The number of hydrogen-bond donors (Lipinski definition) is 3. The van der Waals surface area contributed by atoms with Crippen molar-refractivity contribution in [2.24, 2.45) is 5.73 Å². The second kappa shape index (κ2) is 32.6. The van der Waals surface area contributed by atoms with E-state index in [1.165, 1.54) is 89.9 Å². The smallest absolute Gasteiger partial charge is 0.344 e. The van der Waals surface area contributed by atoms with Gasteiger partial charge in [-0.1, -0.05) is 96.8 Å². The van der Waals surface area contributed by atoms with Crippen LogP contribution in [0, 0.1) is 0 Å². The molecule has 0 atom stereocenters. The van der Waals surface area contributed by atoms with Gasteiger partial charge in [0, 0.05) is 13.0 Å². The summed E-state index contributed by atoms with van der Waals surface area (Å²) in [5.41, 5.74) is 4.84. The fraction of sp³-hybridized carbons (Fsp3) is 0.957. The molecular formula is C23H55N3O5S. The summed E-state index contributed by atoms with van der Waals surface area (Å²) in [6.07, 6.45) is 22.6. The van der Waals surface area contributed by atoms with Gasteiger partial charge in [0.2, 0.25) is 0 Å². The molecule has 9 heteroatoms. The summed E-state index contributed by atoms with van der Waals surface area (Å²) in [6.45, 7) is 2.17. The Balaban J connectivity index is -0.000000250. The zero-order valence-corrected chi connectivity index (χ0v) is 22.3. The highest BCUT2D eigenvalue weighted by atomic mass is 32.3. The van der Waals surface area contributed by atoms with E-state index in [2.05, 4.69) is 11.1 Å². The molecule has 6 N–H and O–H groups in total. The number of carbonyl (C=O) groups is 1. The zero-order valence-electron chi connectivity index (χ0n) is 21.5. The monoisotopic (exact) mass is 485 g/mol. The van der Waals surface area contributed by atoms with Gasteiger partial charge in [0.1, 0.15) is 6.29 Å². The van der Waals surface area contributed by atoms with Crippen LogP contribution in [0.1, 0.15) is 110 Å². The zero-order chi connectivity index (χ0) is 24.2. The lowest BCUT2D eigenvalue weighted by Crippen LogP contribution is -2.12. The van der Waals surface area contributed by atoms with Crippen molar-refractivity contribution in [2.45, 2.75) is 110 Å². The molecule has 0 aliphatic carbocycles. The van der Waals surface area contributed by atoms with Crippen LogP contribution in [0.25, 0.3) is 0 Å². The van der Waals surface area contributed by atoms with E-state index in [1.54, 1.807) is 0 Å². The van der Waals surface area contributed by atoms with Crippen molar-refractivity contribution in [3.8, 4) is 0 Å². The molecule has 0 saturated heterocycles. The highest BCUT2D eigenvalue weighted by Crippen LogP contribution is 2.13. The van der Waals surface area contributed by atoms with Crippen molar-refractivity contribution in [3.05, 3.63) is 0 Å². The Morgan fingerprint density at radius 3 is 1.31 bits per heavy atom. The summed E-state index contributed by atoms with van der Waals surface area (Å²) in [5.74, 6) is 0. The first-order valence-corrected chi connectivity index (χ1v) is 13.4. The SMILES string of the molecule is CCCCCCCCCCCCCCCCCC=O.CN(C)C.N.NCCOS(=O)(=O)O. The predicted octanol–water partition coefficient (Wildman–Crippen LogP) is 5.55. The van der Waals surface area contributed by atoms with Gasteiger partial charge in [-0.3, -0.25) is 4.55 Å². The maximum atomic E-state index is 10.1. The van der Waals surface area contributed by atoms with Gasteiger partial charge in [-0.2, -0.15) is 8.42 Å². The molecule has 0 aromatic carbocycles. The largest absolute Gasteiger partial charge is 0.397 e. The molecule has 0 spiro atoms. The normalized spacial score (nSPS) is 10.5. The van der Waals surface area contributed by atoms with Crippen molar-refractivity contribution in [1.29, 1.82) is 0 Å². The van der Waals surface area contributed by atoms with E-state index in [-0.39, 0.29) is 19.3 Å². The van der Waals surface area contributed by atoms with Gasteiger partial charge in [0.05, 0.1) is 6.61 Å². The molecule has 0 unspecified atom stereocenters. The summed E-state index contributed by atoms with van der Waals surface area (Å²) in [5, 5.41) is 0. The van der Waals surface area contributed by atoms with Crippen LogP contribution < -0.4 is 11.9 Å². The van der Waals surface area contributed by atoms with Gasteiger partial charge >= 0.3 is 10.4 Å².